The maximum absolute atomic E-state index is 11.3. The zero-order chi connectivity index (χ0) is 7.84. The summed E-state index contributed by atoms with van der Waals surface area (Å²) in [7, 11) is 0. The molecule has 0 N–H and O–H groups in total. The highest BCUT2D eigenvalue weighted by atomic mass is 16.2. The lowest BCUT2D eigenvalue weighted by Crippen LogP contribution is -2.40. The van der Waals surface area contributed by atoms with Crippen LogP contribution < -0.4 is 0 Å². The predicted molar refractivity (Wildman–Crippen MR) is 43.1 cm³/mol. The van der Waals surface area contributed by atoms with Crippen LogP contribution in [0.15, 0.2) is 0 Å². The van der Waals surface area contributed by atoms with E-state index in [4.69, 9.17) is 0 Å². The molecule has 2 heterocycles. The molecule has 0 aromatic carbocycles. The van der Waals surface area contributed by atoms with E-state index in [9.17, 15) is 4.79 Å². The number of carbonyl (C=O) groups excluding carboxylic acids is 1. The molecule has 0 aliphatic carbocycles. The summed E-state index contributed by atoms with van der Waals surface area (Å²) in [5, 5.41) is 0. The van der Waals surface area contributed by atoms with Gasteiger partial charge in [-0.2, -0.15) is 0 Å². The summed E-state index contributed by atoms with van der Waals surface area (Å²) in [6.07, 6.45) is 4.48. The molecule has 11 heavy (non-hydrogen) atoms. The lowest BCUT2D eigenvalue weighted by Gasteiger charge is -2.33. The van der Waals surface area contributed by atoms with E-state index in [-0.39, 0.29) is 0 Å². The number of rotatable bonds is 0. The van der Waals surface area contributed by atoms with Crippen LogP contribution in [0.3, 0.4) is 0 Å². The van der Waals surface area contributed by atoms with Crippen LogP contribution in [-0.2, 0) is 4.79 Å². The van der Waals surface area contributed by atoms with Crippen LogP contribution in [0.2, 0.25) is 0 Å². The molecule has 2 atom stereocenters. The number of nitrogens with zero attached hydrogens (tertiary/aromatic N) is 1. The van der Waals surface area contributed by atoms with E-state index < -0.39 is 0 Å². The molecule has 2 aliphatic heterocycles. The summed E-state index contributed by atoms with van der Waals surface area (Å²) in [5.74, 6) is 1.12. The molecule has 2 aliphatic rings. The van der Waals surface area contributed by atoms with Crippen LogP contribution in [0.25, 0.3) is 0 Å². The van der Waals surface area contributed by atoms with Crippen molar-refractivity contribution in [2.24, 2.45) is 5.92 Å². The van der Waals surface area contributed by atoms with Gasteiger partial charge in [-0.3, -0.25) is 4.79 Å². The van der Waals surface area contributed by atoms with Crippen LogP contribution in [0, 0.1) is 5.92 Å². The van der Waals surface area contributed by atoms with Crippen LogP contribution in [0.1, 0.15) is 32.6 Å². The van der Waals surface area contributed by atoms with Gasteiger partial charge in [-0.25, -0.2) is 0 Å². The largest absolute Gasteiger partial charge is 0.339 e. The molecule has 62 valence electrons. The predicted octanol–water partition coefficient (Wildman–Crippen LogP) is 1.41. The number of hydrogen-bond acceptors (Lipinski definition) is 1. The maximum atomic E-state index is 11.3. The molecule has 2 rings (SSSR count). The van der Waals surface area contributed by atoms with Crippen LogP contribution in [0.5, 0.6) is 0 Å². The first-order valence-corrected chi connectivity index (χ1v) is 4.57. The summed E-state index contributed by atoms with van der Waals surface area (Å²) < 4.78 is 0. The van der Waals surface area contributed by atoms with Crippen molar-refractivity contribution in [1.82, 2.24) is 4.90 Å². The topological polar surface area (TPSA) is 20.3 Å². The normalized spacial score (nSPS) is 37.5. The minimum absolute atomic E-state index is 0.390. The fourth-order valence-electron chi connectivity index (χ4n) is 2.25. The number of amides is 1. The highest BCUT2D eigenvalue weighted by Crippen LogP contribution is 2.29. The van der Waals surface area contributed by atoms with Crippen molar-refractivity contribution in [2.45, 2.75) is 38.6 Å². The van der Waals surface area contributed by atoms with Gasteiger partial charge < -0.3 is 4.90 Å². The maximum Gasteiger partial charge on any atom is 0.222 e. The summed E-state index contributed by atoms with van der Waals surface area (Å²) in [5.41, 5.74) is 0. The van der Waals surface area contributed by atoms with E-state index in [1.807, 2.05) is 0 Å². The summed E-state index contributed by atoms with van der Waals surface area (Å²) in [4.78, 5) is 13.4. The van der Waals surface area contributed by atoms with E-state index in [0.717, 1.165) is 25.3 Å². The van der Waals surface area contributed by atoms with E-state index in [2.05, 4.69) is 11.8 Å². The number of fused-ring (bicyclic) bond motifs is 1. The Morgan fingerprint density at radius 2 is 2.18 bits per heavy atom. The third-order valence-electron chi connectivity index (χ3n) is 2.95. The van der Waals surface area contributed by atoms with Crippen molar-refractivity contribution in [1.29, 1.82) is 0 Å². The molecule has 0 aromatic heterocycles. The summed E-state index contributed by atoms with van der Waals surface area (Å²) in [6, 6.07) is 0.610. The molecule has 0 aromatic rings. The van der Waals surface area contributed by atoms with Crippen molar-refractivity contribution < 1.29 is 4.79 Å². The number of piperidine rings is 1. The second kappa shape index (κ2) is 2.50. The first kappa shape index (κ1) is 7.14. The molecular weight excluding hydrogens is 138 g/mol. The average molecular weight is 153 g/mol. The van der Waals surface area contributed by atoms with Crippen molar-refractivity contribution in [2.75, 3.05) is 6.54 Å². The van der Waals surface area contributed by atoms with Gasteiger partial charge in [0.05, 0.1) is 0 Å². The number of carbonyl (C=O) groups is 1. The minimum atomic E-state index is 0.390. The Kier molecular flexibility index (Phi) is 1.63. The molecule has 0 radical (unpaired) electrons. The zero-order valence-corrected chi connectivity index (χ0v) is 7.05. The lowest BCUT2D eigenvalue weighted by molar-refractivity contribution is -0.130. The van der Waals surface area contributed by atoms with Crippen LogP contribution in [-0.4, -0.2) is 23.4 Å². The summed E-state index contributed by atoms with van der Waals surface area (Å²) >= 11 is 0. The minimum Gasteiger partial charge on any atom is -0.339 e. The third-order valence-corrected chi connectivity index (χ3v) is 2.95. The van der Waals surface area contributed by atoms with Crippen molar-refractivity contribution in [3.63, 3.8) is 0 Å². The van der Waals surface area contributed by atoms with Crippen molar-refractivity contribution >= 4 is 5.91 Å². The van der Waals surface area contributed by atoms with E-state index >= 15 is 0 Å². The molecule has 2 saturated heterocycles. The lowest BCUT2D eigenvalue weighted by atomic mass is 9.95. The van der Waals surface area contributed by atoms with Crippen LogP contribution >= 0.6 is 0 Å². The molecule has 1 amide bonds. The molecule has 2 fully saturated rings. The SMILES string of the molecule is CC1CCC2CCC(=O)N2C1. The average Bonchev–Trinajstić information content (AvgIpc) is 2.33. The molecule has 0 spiro atoms. The van der Waals surface area contributed by atoms with Crippen molar-refractivity contribution in [3.8, 4) is 0 Å². The van der Waals surface area contributed by atoms with E-state index in [0.29, 0.717) is 11.9 Å². The Morgan fingerprint density at radius 1 is 1.36 bits per heavy atom. The van der Waals surface area contributed by atoms with Gasteiger partial charge in [0.1, 0.15) is 0 Å². The van der Waals surface area contributed by atoms with Gasteiger partial charge in [0.2, 0.25) is 5.91 Å². The Hall–Kier alpha value is -0.530. The van der Waals surface area contributed by atoms with Gasteiger partial charge in [0, 0.05) is 19.0 Å². The van der Waals surface area contributed by atoms with Gasteiger partial charge in [0.15, 0.2) is 0 Å². The quantitative estimate of drug-likeness (QED) is 0.515. The Balaban J connectivity index is 2.07. The Labute approximate surface area is 67.6 Å². The molecule has 2 heteroatoms. The highest BCUT2D eigenvalue weighted by molar-refractivity contribution is 5.78. The van der Waals surface area contributed by atoms with Gasteiger partial charge >= 0.3 is 0 Å². The smallest absolute Gasteiger partial charge is 0.222 e. The van der Waals surface area contributed by atoms with Crippen LogP contribution in [0.4, 0.5) is 0 Å². The highest BCUT2D eigenvalue weighted by Gasteiger charge is 2.34. The second-order valence-electron chi connectivity index (χ2n) is 3.92. The Morgan fingerprint density at radius 3 is 3.00 bits per heavy atom. The van der Waals surface area contributed by atoms with E-state index in [1.54, 1.807) is 0 Å². The van der Waals surface area contributed by atoms with Gasteiger partial charge in [-0.05, 0) is 25.2 Å². The standard InChI is InChI=1S/C9H15NO/c1-7-2-3-8-4-5-9(11)10(8)6-7/h7-8H,2-6H2,1H3. The molecule has 0 saturated carbocycles. The summed E-state index contributed by atoms with van der Waals surface area (Å²) in [6.45, 7) is 3.26. The molecule has 2 nitrogen and oxygen atoms in total. The van der Waals surface area contributed by atoms with Gasteiger partial charge in [-0.1, -0.05) is 6.92 Å². The van der Waals surface area contributed by atoms with Gasteiger partial charge in [0.25, 0.3) is 0 Å². The third kappa shape index (κ3) is 1.15. The molecular formula is C9H15NO. The van der Waals surface area contributed by atoms with E-state index in [1.165, 1.54) is 12.8 Å². The second-order valence-corrected chi connectivity index (χ2v) is 3.92. The van der Waals surface area contributed by atoms with Gasteiger partial charge in [-0.15, -0.1) is 0 Å². The fraction of sp³-hybridized carbons (Fsp3) is 0.889. The number of hydrogen-bond donors (Lipinski definition) is 0. The monoisotopic (exact) mass is 153 g/mol. The fourth-order valence-corrected chi connectivity index (χ4v) is 2.25. The first-order valence-electron chi connectivity index (χ1n) is 4.57. The molecule has 0 bridgehead atoms. The molecule has 2 unspecified atom stereocenters. The Bertz CT molecular complexity index is 178. The zero-order valence-electron chi connectivity index (χ0n) is 7.05. The van der Waals surface area contributed by atoms with Crippen molar-refractivity contribution in [3.05, 3.63) is 0 Å². The first-order chi connectivity index (χ1) is 5.27.